The highest BCUT2D eigenvalue weighted by Gasteiger charge is 2.17. The molecule has 0 amide bonds. The Morgan fingerprint density at radius 2 is 2.05 bits per heavy atom. The first-order chi connectivity index (χ1) is 9.60. The molecule has 0 aliphatic rings. The third kappa shape index (κ3) is 5.02. The van der Waals surface area contributed by atoms with E-state index < -0.39 is 18.8 Å². The van der Waals surface area contributed by atoms with Crippen LogP contribution in [-0.2, 0) is 4.74 Å². The summed E-state index contributed by atoms with van der Waals surface area (Å²) in [6, 6.07) is 4.59. The molecule has 0 aliphatic carbocycles. The largest absolute Gasteiger partial charge is 0.494 e. The molecular formula is C14H20F3NO2. The van der Waals surface area contributed by atoms with Crippen LogP contribution in [0, 0.1) is 5.82 Å². The molecule has 1 rings (SSSR count). The first kappa shape index (κ1) is 16.8. The monoisotopic (exact) mass is 291 g/mol. The minimum absolute atomic E-state index is 0.138. The summed E-state index contributed by atoms with van der Waals surface area (Å²) in [5.41, 5.74) is 0.451. The van der Waals surface area contributed by atoms with Crippen molar-refractivity contribution in [3.8, 4) is 5.75 Å². The van der Waals surface area contributed by atoms with Crippen LogP contribution < -0.4 is 10.1 Å². The van der Waals surface area contributed by atoms with Crippen molar-refractivity contribution in [1.82, 2.24) is 5.32 Å². The maximum atomic E-state index is 14.2. The van der Waals surface area contributed by atoms with Gasteiger partial charge in [-0.05, 0) is 19.0 Å². The number of rotatable bonds is 9. The summed E-state index contributed by atoms with van der Waals surface area (Å²) in [7, 11) is 1.40. The summed E-state index contributed by atoms with van der Waals surface area (Å²) in [6.07, 6.45) is -2.08. The van der Waals surface area contributed by atoms with Gasteiger partial charge in [0.25, 0.3) is 6.43 Å². The molecule has 0 saturated carbocycles. The smallest absolute Gasteiger partial charge is 0.261 e. The van der Waals surface area contributed by atoms with Crippen molar-refractivity contribution >= 4 is 0 Å². The van der Waals surface area contributed by atoms with Crippen molar-refractivity contribution in [2.24, 2.45) is 0 Å². The molecule has 1 aromatic carbocycles. The first-order valence-corrected chi connectivity index (χ1v) is 6.51. The van der Waals surface area contributed by atoms with Crippen LogP contribution in [0.15, 0.2) is 18.2 Å². The van der Waals surface area contributed by atoms with Crippen molar-refractivity contribution in [3.63, 3.8) is 0 Å². The van der Waals surface area contributed by atoms with Gasteiger partial charge in [-0.3, -0.25) is 0 Å². The molecule has 0 aliphatic heterocycles. The summed E-state index contributed by atoms with van der Waals surface area (Å²) in [6.45, 7) is 2.07. The van der Waals surface area contributed by atoms with Crippen molar-refractivity contribution in [2.45, 2.75) is 25.8 Å². The molecule has 0 bridgehead atoms. The van der Waals surface area contributed by atoms with E-state index in [1.807, 2.05) is 6.92 Å². The number of hydrogen-bond donors (Lipinski definition) is 1. The minimum Gasteiger partial charge on any atom is -0.494 e. The van der Waals surface area contributed by atoms with E-state index in [0.29, 0.717) is 18.5 Å². The molecular weight excluding hydrogens is 271 g/mol. The molecule has 6 heteroatoms. The third-order valence-electron chi connectivity index (χ3n) is 2.83. The maximum Gasteiger partial charge on any atom is 0.261 e. The topological polar surface area (TPSA) is 30.5 Å². The normalized spacial score (nSPS) is 12.7. The van der Waals surface area contributed by atoms with E-state index >= 15 is 0 Å². The molecule has 1 unspecified atom stereocenters. The van der Waals surface area contributed by atoms with Crippen LogP contribution in [-0.4, -0.2) is 33.3 Å². The van der Waals surface area contributed by atoms with Gasteiger partial charge in [0.1, 0.15) is 6.61 Å². The summed E-state index contributed by atoms with van der Waals surface area (Å²) in [4.78, 5) is 0. The minimum atomic E-state index is -2.49. The van der Waals surface area contributed by atoms with Gasteiger partial charge in [-0.1, -0.05) is 19.1 Å². The van der Waals surface area contributed by atoms with Crippen LogP contribution in [0.25, 0.3) is 0 Å². The van der Waals surface area contributed by atoms with Crippen LogP contribution in [0.4, 0.5) is 13.2 Å². The standard InChI is InChI=1S/C14H20F3NO2/c1-3-18-11(7-8-20-9-13(15)16)10-5-4-6-12(19-2)14(10)17/h4-6,11,13,18H,3,7-9H2,1-2H3. The Kier molecular flexibility index (Phi) is 7.40. The van der Waals surface area contributed by atoms with E-state index in [-0.39, 0.29) is 18.4 Å². The van der Waals surface area contributed by atoms with Gasteiger partial charge in [0, 0.05) is 18.2 Å². The highest BCUT2D eigenvalue weighted by molar-refractivity contribution is 5.33. The fourth-order valence-electron chi connectivity index (χ4n) is 1.94. The fraction of sp³-hybridized carbons (Fsp3) is 0.571. The SMILES string of the molecule is CCNC(CCOCC(F)F)c1cccc(OC)c1F. The van der Waals surface area contributed by atoms with E-state index in [1.54, 1.807) is 12.1 Å². The molecule has 0 heterocycles. The second-order valence-electron chi connectivity index (χ2n) is 4.23. The van der Waals surface area contributed by atoms with Crippen LogP contribution in [0.5, 0.6) is 5.75 Å². The molecule has 1 N–H and O–H groups in total. The molecule has 0 spiro atoms. The van der Waals surface area contributed by atoms with Gasteiger partial charge >= 0.3 is 0 Å². The first-order valence-electron chi connectivity index (χ1n) is 6.51. The molecule has 114 valence electrons. The van der Waals surface area contributed by atoms with Crippen molar-refractivity contribution in [2.75, 3.05) is 26.9 Å². The van der Waals surface area contributed by atoms with Crippen LogP contribution in [0.1, 0.15) is 24.9 Å². The fourth-order valence-corrected chi connectivity index (χ4v) is 1.94. The van der Waals surface area contributed by atoms with Gasteiger partial charge in [0.15, 0.2) is 11.6 Å². The van der Waals surface area contributed by atoms with E-state index in [1.165, 1.54) is 13.2 Å². The molecule has 20 heavy (non-hydrogen) atoms. The molecule has 0 fully saturated rings. The molecule has 1 aromatic rings. The Balaban J connectivity index is 2.70. The summed E-state index contributed by atoms with van der Waals surface area (Å²) in [5.74, 6) is -0.270. The second kappa shape index (κ2) is 8.81. The number of methoxy groups -OCH3 is 1. The number of ether oxygens (including phenoxy) is 2. The molecule has 0 radical (unpaired) electrons. The molecule has 0 saturated heterocycles. The Morgan fingerprint density at radius 3 is 2.65 bits per heavy atom. The summed E-state index contributed by atoms with van der Waals surface area (Å²) >= 11 is 0. The number of hydrogen-bond acceptors (Lipinski definition) is 3. The van der Waals surface area contributed by atoms with Gasteiger partial charge in [0.05, 0.1) is 7.11 Å². The van der Waals surface area contributed by atoms with Gasteiger partial charge in [-0.15, -0.1) is 0 Å². The zero-order chi connectivity index (χ0) is 15.0. The van der Waals surface area contributed by atoms with E-state index in [0.717, 1.165) is 0 Å². The van der Waals surface area contributed by atoms with Gasteiger partial charge < -0.3 is 14.8 Å². The highest BCUT2D eigenvalue weighted by atomic mass is 19.3. The molecule has 3 nitrogen and oxygen atoms in total. The lowest BCUT2D eigenvalue weighted by atomic mass is 10.0. The Labute approximate surface area is 117 Å². The highest BCUT2D eigenvalue weighted by Crippen LogP contribution is 2.26. The predicted molar refractivity (Wildman–Crippen MR) is 70.8 cm³/mol. The second-order valence-corrected chi connectivity index (χ2v) is 4.23. The average Bonchev–Trinajstić information content (AvgIpc) is 2.42. The van der Waals surface area contributed by atoms with Gasteiger partial charge in [0.2, 0.25) is 0 Å². The van der Waals surface area contributed by atoms with Crippen LogP contribution in [0.3, 0.4) is 0 Å². The third-order valence-corrected chi connectivity index (χ3v) is 2.83. The summed E-state index contributed by atoms with van der Waals surface area (Å²) in [5, 5.41) is 3.12. The van der Waals surface area contributed by atoms with Crippen molar-refractivity contribution in [3.05, 3.63) is 29.6 Å². The number of alkyl halides is 2. The molecule has 1 atom stereocenters. The van der Waals surface area contributed by atoms with Gasteiger partial charge in [-0.2, -0.15) is 0 Å². The van der Waals surface area contributed by atoms with Crippen LogP contribution in [0.2, 0.25) is 0 Å². The summed E-state index contributed by atoms with van der Waals surface area (Å²) < 4.78 is 47.9. The lowest BCUT2D eigenvalue weighted by Crippen LogP contribution is -2.24. The van der Waals surface area contributed by atoms with E-state index in [9.17, 15) is 13.2 Å². The number of benzene rings is 1. The lowest BCUT2D eigenvalue weighted by Gasteiger charge is -2.20. The van der Waals surface area contributed by atoms with Crippen molar-refractivity contribution in [1.29, 1.82) is 0 Å². The Bertz CT molecular complexity index is 402. The zero-order valence-corrected chi connectivity index (χ0v) is 11.7. The Hall–Kier alpha value is -1.27. The van der Waals surface area contributed by atoms with E-state index in [4.69, 9.17) is 9.47 Å². The maximum absolute atomic E-state index is 14.2. The predicted octanol–water partition coefficient (Wildman–Crippen LogP) is 3.16. The Morgan fingerprint density at radius 1 is 1.30 bits per heavy atom. The van der Waals surface area contributed by atoms with E-state index in [2.05, 4.69) is 5.32 Å². The van der Waals surface area contributed by atoms with Crippen molar-refractivity contribution < 1.29 is 22.6 Å². The quantitative estimate of drug-likeness (QED) is 0.709. The lowest BCUT2D eigenvalue weighted by molar-refractivity contribution is 0.0143. The average molecular weight is 291 g/mol. The van der Waals surface area contributed by atoms with Crippen LogP contribution >= 0.6 is 0 Å². The number of halogens is 3. The van der Waals surface area contributed by atoms with Gasteiger partial charge in [-0.25, -0.2) is 13.2 Å². The zero-order valence-electron chi connectivity index (χ0n) is 11.7. The molecule has 0 aromatic heterocycles. The number of nitrogens with one attached hydrogen (secondary N) is 1.